The summed E-state index contributed by atoms with van der Waals surface area (Å²) in [7, 11) is 0. The Morgan fingerprint density at radius 1 is 1.21 bits per heavy atom. The van der Waals surface area contributed by atoms with Gasteiger partial charge >= 0.3 is 0 Å². The molecule has 1 aliphatic rings. The molecule has 1 aliphatic carbocycles. The number of hydrogen-bond acceptors (Lipinski definition) is 2. The van der Waals surface area contributed by atoms with E-state index in [1.807, 2.05) is 0 Å². The van der Waals surface area contributed by atoms with E-state index in [9.17, 15) is 0 Å². The Morgan fingerprint density at radius 2 is 1.84 bits per heavy atom. The summed E-state index contributed by atoms with van der Waals surface area (Å²) in [5.41, 5.74) is 7.28. The monoisotopic (exact) mass is 260 g/mol. The van der Waals surface area contributed by atoms with Crippen molar-refractivity contribution >= 4 is 0 Å². The molecule has 2 rings (SSSR count). The molecule has 3 N–H and O–H groups in total. The molecular weight excluding hydrogens is 232 g/mol. The molecule has 2 nitrogen and oxygen atoms in total. The zero-order valence-electron chi connectivity index (χ0n) is 12.4. The van der Waals surface area contributed by atoms with Crippen LogP contribution in [0.2, 0.25) is 0 Å². The molecule has 1 atom stereocenters. The molecule has 0 saturated heterocycles. The molecule has 1 fully saturated rings. The summed E-state index contributed by atoms with van der Waals surface area (Å²) in [5.74, 6) is 6.71. The molecule has 0 bridgehead atoms. The van der Waals surface area contributed by atoms with E-state index in [1.165, 1.54) is 55.2 Å². The van der Waals surface area contributed by atoms with Gasteiger partial charge in [0.1, 0.15) is 0 Å². The first kappa shape index (κ1) is 14.5. The molecular formula is C17H28N2. The smallest absolute Gasteiger partial charge is 0.0251 e. The molecule has 106 valence electrons. The average molecular weight is 260 g/mol. The quantitative estimate of drug-likeness (QED) is 0.605. The second kappa shape index (κ2) is 7.06. The van der Waals surface area contributed by atoms with E-state index < -0.39 is 0 Å². The number of aryl methyl sites for hydroxylation is 2. The van der Waals surface area contributed by atoms with Crippen LogP contribution in [-0.2, 0) is 6.42 Å². The van der Waals surface area contributed by atoms with Crippen molar-refractivity contribution in [3.8, 4) is 0 Å². The standard InChI is InChI=1S/C17H28N2/c1-13-6-5-7-14(2)17(13)12-16(19-18)11-10-15-8-3-4-9-15/h5-7,15-16,19H,3-4,8-12,18H2,1-2H3. The zero-order valence-corrected chi connectivity index (χ0v) is 12.4. The van der Waals surface area contributed by atoms with Crippen LogP contribution in [0, 0.1) is 19.8 Å². The number of benzene rings is 1. The van der Waals surface area contributed by atoms with Crippen molar-refractivity contribution in [2.75, 3.05) is 0 Å². The normalized spacial score (nSPS) is 17.8. The summed E-state index contributed by atoms with van der Waals surface area (Å²) in [6.07, 6.45) is 9.32. The lowest BCUT2D eigenvalue weighted by Gasteiger charge is -2.20. The number of hydrazine groups is 1. The van der Waals surface area contributed by atoms with Gasteiger partial charge in [0, 0.05) is 6.04 Å². The van der Waals surface area contributed by atoms with Crippen LogP contribution in [0.25, 0.3) is 0 Å². The first-order valence-corrected chi connectivity index (χ1v) is 7.72. The molecule has 1 aromatic rings. The van der Waals surface area contributed by atoms with Gasteiger partial charge in [-0.1, -0.05) is 43.9 Å². The van der Waals surface area contributed by atoms with Crippen molar-refractivity contribution in [3.05, 3.63) is 34.9 Å². The van der Waals surface area contributed by atoms with Crippen LogP contribution in [0.4, 0.5) is 0 Å². The van der Waals surface area contributed by atoms with E-state index in [1.54, 1.807) is 0 Å². The predicted molar refractivity (Wildman–Crippen MR) is 81.9 cm³/mol. The van der Waals surface area contributed by atoms with Crippen molar-refractivity contribution in [2.45, 2.75) is 64.8 Å². The maximum atomic E-state index is 5.76. The Morgan fingerprint density at radius 3 is 2.42 bits per heavy atom. The number of hydrogen-bond donors (Lipinski definition) is 2. The lowest BCUT2D eigenvalue weighted by molar-refractivity contribution is 0.406. The lowest BCUT2D eigenvalue weighted by Crippen LogP contribution is -2.37. The molecule has 2 heteroatoms. The average Bonchev–Trinajstić information content (AvgIpc) is 2.91. The predicted octanol–water partition coefficient (Wildman–Crippen LogP) is 3.65. The Labute approximate surface area is 117 Å². The Balaban J connectivity index is 1.90. The van der Waals surface area contributed by atoms with Gasteiger partial charge in [-0.05, 0) is 55.7 Å². The molecule has 0 radical (unpaired) electrons. The highest BCUT2D eigenvalue weighted by Crippen LogP contribution is 2.29. The number of nitrogens with two attached hydrogens (primary N) is 1. The van der Waals surface area contributed by atoms with Crippen molar-refractivity contribution in [3.63, 3.8) is 0 Å². The van der Waals surface area contributed by atoms with Crippen LogP contribution in [0.1, 0.15) is 55.2 Å². The highest BCUT2D eigenvalue weighted by Gasteiger charge is 2.18. The summed E-state index contributed by atoms with van der Waals surface area (Å²) in [6, 6.07) is 6.96. The van der Waals surface area contributed by atoms with Gasteiger partial charge in [-0.2, -0.15) is 0 Å². The summed E-state index contributed by atoms with van der Waals surface area (Å²) >= 11 is 0. The van der Waals surface area contributed by atoms with Gasteiger partial charge in [-0.15, -0.1) is 0 Å². The summed E-state index contributed by atoms with van der Waals surface area (Å²) in [5, 5.41) is 0. The Hall–Kier alpha value is -0.860. The van der Waals surface area contributed by atoms with Crippen LogP contribution in [0.15, 0.2) is 18.2 Å². The first-order chi connectivity index (χ1) is 9.20. The Bertz CT molecular complexity index is 374. The Kier molecular flexibility index (Phi) is 5.41. The van der Waals surface area contributed by atoms with E-state index in [2.05, 4.69) is 37.5 Å². The minimum Gasteiger partial charge on any atom is -0.271 e. The molecule has 0 heterocycles. The molecule has 0 aliphatic heterocycles. The highest BCUT2D eigenvalue weighted by molar-refractivity contribution is 5.34. The van der Waals surface area contributed by atoms with Crippen LogP contribution in [0.5, 0.6) is 0 Å². The van der Waals surface area contributed by atoms with Crippen LogP contribution in [-0.4, -0.2) is 6.04 Å². The minimum atomic E-state index is 0.417. The topological polar surface area (TPSA) is 38.0 Å². The van der Waals surface area contributed by atoms with Gasteiger partial charge in [-0.25, -0.2) is 0 Å². The van der Waals surface area contributed by atoms with Crippen molar-refractivity contribution < 1.29 is 0 Å². The van der Waals surface area contributed by atoms with Crippen LogP contribution < -0.4 is 11.3 Å². The molecule has 0 amide bonds. The lowest BCUT2D eigenvalue weighted by atomic mass is 9.92. The third kappa shape index (κ3) is 4.05. The molecule has 0 aromatic heterocycles. The molecule has 1 unspecified atom stereocenters. The van der Waals surface area contributed by atoms with Crippen molar-refractivity contribution in [1.82, 2.24) is 5.43 Å². The van der Waals surface area contributed by atoms with Gasteiger partial charge < -0.3 is 0 Å². The fourth-order valence-electron chi connectivity index (χ4n) is 3.40. The van der Waals surface area contributed by atoms with Gasteiger partial charge in [0.05, 0.1) is 0 Å². The number of nitrogens with one attached hydrogen (secondary N) is 1. The van der Waals surface area contributed by atoms with Gasteiger partial charge in [0.15, 0.2) is 0 Å². The van der Waals surface area contributed by atoms with Gasteiger partial charge in [0.2, 0.25) is 0 Å². The third-order valence-electron chi connectivity index (χ3n) is 4.73. The zero-order chi connectivity index (χ0) is 13.7. The largest absolute Gasteiger partial charge is 0.271 e. The van der Waals surface area contributed by atoms with E-state index in [0.29, 0.717) is 6.04 Å². The maximum absolute atomic E-state index is 5.76. The fraction of sp³-hybridized carbons (Fsp3) is 0.647. The first-order valence-electron chi connectivity index (χ1n) is 7.72. The number of rotatable bonds is 6. The maximum Gasteiger partial charge on any atom is 0.0251 e. The molecule has 0 spiro atoms. The van der Waals surface area contributed by atoms with E-state index in [4.69, 9.17) is 5.84 Å². The van der Waals surface area contributed by atoms with E-state index in [-0.39, 0.29) is 0 Å². The van der Waals surface area contributed by atoms with E-state index in [0.717, 1.165) is 12.3 Å². The SMILES string of the molecule is Cc1cccc(C)c1CC(CCC1CCCC1)NN. The van der Waals surface area contributed by atoms with Gasteiger partial charge in [-0.3, -0.25) is 11.3 Å². The second-order valence-corrected chi connectivity index (χ2v) is 6.17. The third-order valence-corrected chi connectivity index (χ3v) is 4.73. The van der Waals surface area contributed by atoms with Crippen LogP contribution >= 0.6 is 0 Å². The minimum absolute atomic E-state index is 0.417. The van der Waals surface area contributed by atoms with Crippen molar-refractivity contribution in [2.24, 2.45) is 11.8 Å². The van der Waals surface area contributed by atoms with Crippen LogP contribution in [0.3, 0.4) is 0 Å². The van der Waals surface area contributed by atoms with Crippen molar-refractivity contribution in [1.29, 1.82) is 0 Å². The summed E-state index contributed by atoms with van der Waals surface area (Å²) in [6.45, 7) is 4.40. The van der Waals surface area contributed by atoms with Gasteiger partial charge in [0.25, 0.3) is 0 Å². The molecule has 19 heavy (non-hydrogen) atoms. The molecule has 1 saturated carbocycles. The van der Waals surface area contributed by atoms with E-state index >= 15 is 0 Å². The fourth-order valence-corrected chi connectivity index (χ4v) is 3.40. The second-order valence-electron chi connectivity index (χ2n) is 6.17. The summed E-state index contributed by atoms with van der Waals surface area (Å²) in [4.78, 5) is 0. The molecule has 1 aromatic carbocycles. The highest BCUT2D eigenvalue weighted by atomic mass is 15.2. The summed E-state index contributed by atoms with van der Waals surface area (Å²) < 4.78 is 0.